The molecule has 114 valence electrons. The fourth-order valence-electron chi connectivity index (χ4n) is 2.58. The van der Waals surface area contributed by atoms with Crippen molar-refractivity contribution in [3.05, 3.63) is 23.8 Å². The Morgan fingerprint density at radius 1 is 1.05 bits per heavy atom. The highest BCUT2D eigenvalue weighted by atomic mass is 16.5. The van der Waals surface area contributed by atoms with Crippen molar-refractivity contribution >= 4 is 0 Å². The maximum Gasteiger partial charge on any atom is 0.127 e. The lowest BCUT2D eigenvalue weighted by Gasteiger charge is -2.31. The van der Waals surface area contributed by atoms with Gasteiger partial charge in [-0.05, 0) is 24.6 Å². The molecule has 2 atom stereocenters. The molecule has 0 amide bonds. The van der Waals surface area contributed by atoms with Crippen molar-refractivity contribution in [1.82, 2.24) is 5.32 Å². The summed E-state index contributed by atoms with van der Waals surface area (Å²) < 4.78 is 16.7. The Labute approximate surface area is 122 Å². The lowest BCUT2D eigenvalue weighted by molar-refractivity contribution is 0.0317. The van der Waals surface area contributed by atoms with E-state index in [1.807, 2.05) is 18.2 Å². The van der Waals surface area contributed by atoms with Crippen LogP contribution in [0, 0.1) is 5.92 Å². The number of benzene rings is 1. The minimum Gasteiger partial charge on any atom is -0.496 e. The minimum absolute atomic E-state index is 0.0242. The molecule has 0 aromatic heterocycles. The van der Waals surface area contributed by atoms with Gasteiger partial charge in [-0.1, -0.05) is 26.8 Å². The Bertz CT molecular complexity index is 384. The summed E-state index contributed by atoms with van der Waals surface area (Å²) in [5.41, 5.74) is 1.01. The van der Waals surface area contributed by atoms with E-state index in [1.54, 1.807) is 21.3 Å². The van der Waals surface area contributed by atoms with Crippen LogP contribution in [0.15, 0.2) is 18.2 Å². The SMILES string of the molecule is CCNC(c1c(OC)cccc1OC)C(OC)C(C)C. The molecule has 4 heteroatoms. The third-order valence-corrected chi connectivity index (χ3v) is 3.46. The highest BCUT2D eigenvalue weighted by Gasteiger charge is 2.30. The quantitative estimate of drug-likeness (QED) is 0.795. The molecule has 1 aromatic carbocycles. The van der Waals surface area contributed by atoms with Crippen molar-refractivity contribution in [3.8, 4) is 11.5 Å². The van der Waals surface area contributed by atoms with Crippen LogP contribution in [-0.4, -0.2) is 34.0 Å². The Kier molecular flexibility index (Phi) is 6.82. The topological polar surface area (TPSA) is 39.7 Å². The molecule has 4 nitrogen and oxygen atoms in total. The molecule has 0 heterocycles. The molecule has 0 radical (unpaired) electrons. The van der Waals surface area contributed by atoms with Gasteiger partial charge in [0.05, 0.1) is 31.9 Å². The van der Waals surface area contributed by atoms with Crippen LogP contribution in [0.2, 0.25) is 0 Å². The Hall–Kier alpha value is -1.26. The molecule has 2 unspecified atom stereocenters. The zero-order chi connectivity index (χ0) is 15.1. The third-order valence-electron chi connectivity index (χ3n) is 3.46. The summed E-state index contributed by atoms with van der Waals surface area (Å²) in [5, 5.41) is 3.50. The van der Waals surface area contributed by atoms with E-state index in [-0.39, 0.29) is 12.1 Å². The molecule has 1 rings (SSSR count). The molecule has 0 spiro atoms. The van der Waals surface area contributed by atoms with Gasteiger partial charge in [-0.15, -0.1) is 0 Å². The summed E-state index contributed by atoms with van der Waals surface area (Å²) in [6, 6.07) is 5.86. The minimum atomic E-state index is 0.0242. The lowest BCUT2D eigenvalue weighted by atomic mass is 9.92. The van der Waals surface area contributed by atoms with Gasteiger partial charge in [-0.25, -0.2) is 0 Å². The molecule has 1 aromatic rings. The molecular formula is C16H27NO3. The van der Waals surface area contributed by atoms with Crippen molar-refractivity contribution in [3.63, 3.8) is 0 Å². The Morgan fingerprint density at radius 2 is 1.60 bits per heavy atom. The van der Waals surface area contributed by atoms with E-state index in [0.29, 0.717) is 5.92 Å². The second kappa shape index (κ2) is 8.12. The molecule has 0 fully saturated rings. The normalized spacial score (nSPS) is 14.2. The van der Waals surface area contributed by atoms with Gasteiger partial charge in [0.2, 0.25) is 0 Å². The largest absolute Gasteiger partial charge is 0.496 e. The van der Waals surface area contributed by atoms with Gasteiger partial charge in [-0.2, -0.15) is 0 Å². The number of methoxy groups -OCH3 is 3. The third kappa shape index (κ3) is 3.64. The number of hydrogen-bond donors (Lipinski definition) is 1. The van der Waals surface area contributed by atoms with Gasteiger partial charge in [0.1, 0.15) is 11.5 Å². The lowest BCUT2D eigenvalue weighted by Crippen LogP contribution is -2.37. The van der Waals surface area contributed by atoms with E-state index >= 15 is 0 Å². The number of hydrogen-bond acceptors (Lipinski definition) is 4. The molecule has 0 aliphatic heterocycles. The summed E-state index contributed by atoms with van der Waals surface area (Å²) in [6.07, 6.45) is 0.0418. The Morgan fingerprint density at radius 3 is 1.95 bits per heavy atom. The number of likely N-dealkylation sites (N-methyl/N-ethyl adjacent to an activating group) is 1. The van der Waals surface area contributed by atoms with Gasteiger partial charge in [0, 0.05) is 7.11 Å². The fourth-order valence-corrected chi connectivity index (χ4v) is 2.58. The van der Waals surface area contributed by atoms with Crippen LogP contribution in [0.3, 0.4) is 0 Å². The van der Waals surface area contributed by atoms with E-state index in [9.17, 15) is 0 Å². The zero-order valence-corrected chi connectivity index (χ0v) is 13.4. The van der Waals surface area contributed by atoms with Crippen LogP contribution in [0.25, 0.3) is 0 Å². The summed E-state index contributed by atoms with van der Waals surface area (Å²) in [5.74, 6) is 2.01. The van der Waals surface area contributed by atoms with Gasteiger partial charge >= 0.3 is 0 Å². The predicted octanol–water partition coefficient (Wildman–Crippen LogP) is 3.03. The van der Waals surface area contributed by atoms with Crippen LogP contribution in [-0.2, 0) is 4.74 Å². The van der Waals surface area contributed by atoms with Crippen LogP contribution in [0.5, 0.6) is 11.5 Å². The fraction of sp³-hybridized carbons (Fsp3) is 0.625. The number of rotatable bonds is 8. The first-order valence-corrected chi connectivity index (χ1v) is 7.07. The highest BCUT2D eigenvalue weighted by Crippen LogP contribution is 2.37. The van der Waals surface area contributed by atoms with E-state index in [4.69, 9.17) is 14.2 Å². The maximum atomic E-state index is 5.71. The first kappa shape index (κ1) is 16.8. The van der Waals surface area contributed by atoms with Crippen LogP contribution in [0.4, 0.5) is 0 Å². The molecule has 0 bridgehead atoms. The maximum absolute atomic E-state index is 5.71. The molecule has 0 saturated heterocycles. The van der Waals surface area contributed by atoms with Gasteiger partial charge < -0.3 is 19.5 Å². The summed E-state index contributed by atoms with van der Waals surface area (Å²) in [7, 11) is 5.10. The summed E-state index contributed by atoms with van der Waals surface area (Å²) in [6.45, 7) is 7.24. The van der Waals surface area contributed by atoms with E-state index in [0.717, 1.165) is 23.6 Å². The predicted molar refractivity (Wildman–Crippen MR) is 81.6 cm³/mol. The van der Waals surface area contributed by atoms with Crippen molar-refractivity contribution < 1.29 is 14.2 Å². The van der Waals surface area contributed by atoms with Crippen LogP contribution < -0.4 is 14.8 Å². The molecule has 0 saturated carbocycles. The van der Waals surface area contributed by atoms with Gasteiger partial charge in [-0.3, -0.25) is 0 Å². The van der Waals surface area contributed by atoms with E-state index in [2.05, 4.69) is 26.1 Å². The second-order valence-electron chi connectivity index (χ2n) is 5.06. The molecule has 0 aliphatic rings. The van der Waals surface area contributed by atoms with Crippen molar-refractivity contribution in [2.75, 3.05) is 27.9 Å². The van der Waals surface area contributed by atoms with E-state index < -0.39 is 0 Å². The second-order valence-corrected chi connectivity index (χ2v) is 5.06. The number of ether oxygens (including phenoxy) is 3. The molecule has 0 aliphatic carbocycles. The summed E-state index contributed by atoms with van der Waals surface area (Å²) >= 11 is 0. The van der Waals surface area contributed by atoms with Crippen LogP contribution in [0.1, 0.15) is 32.4 Å². The Balaban J connectivity index is 3.32. The van der Waals surface area contributed by atoms with Crippen molar-refractivity contribution in [2.45, 2.75) is 32.9 Å². The first-order chi connectivity index (χ1) is 9.60. The summed E-state index contributed by atoms with van der Waals surface area (Å²) in [4.78, 5) is 0. The zero-order valence-electron chi connectivity index (χ0n) is 13.4. The van der Waals surface area contributed by atoms with Crippen molar-refractivity contribution in [1.29, 1.82) is 0 Å². The average molecular weight is 281 g/mol. The molecular weight excluding hydrogens is 254 g/mol. The van der Waals surface area contributed by atoms with Gasteiger partial charge in [0.15, 0.2) is 0 Å². The molecule has 1 N–H and O–H groups in total. The van der Waals surface area contributed by atoms with E-state index in [1.165, 1.54) is 0 Å². The standard InChI is InChI=1S/C16H27NO3/c1-7-17-15(16(20-6)11(2)3)14-12(18-4)9-8-10-13(14)19-5/h8-11,15-17H,7H2,1-6H3. The smallest absolute Gasteiger partial charge is 0.127 e. The highest BCUT2D eigenvalue weighted by molar-refractivity contribution is 5.47. The van der Waals surface area contributed by atoms with Gasteiger partial charge in [0.25, 0.3) is 0 Å². The average Bonchev–Trinajstić information content (AvgIpc) is 2.45. The monoisotopic (exact) mass is 281 g/mol. The van der Waals surface area contributed by atoms with Crippen LogP contribution >= 0.6 is 0 Å². The number of nitrogens with one attached hydrogen (secondary N) is 1. The molecule has 20 heavy (non-hydrogen) atoms. The van der Waals surface area contributed by atoms with Crippen molar-refractivity contribution in [2.24, 2.45) is 5.92 Å². The first-order valence-electron chi connectivity index (χ1n) is 7.07.